The summed E-state index contributed by atoms with van der Waals surface area (Å²) in [7, 11) is 0. The van der Waals surface area contributed by atoms with Crippen molar-refractivity contribution in [3.05, 3.63) is 63.9 Å². The Hall–Kier alpha value is -2.40. The topological polar surface area (TPSA) is 63.4 Å². The van der Waals surface area contributed by atoms with E-state index in [1.807, 2.05) is 4.90 Å². The smallest absolute Gasteiger partial charge is 0.248 e. The van der Waals surface area contributed by atoms with Crippen LogP contribution in [0.4, 0.5) is 0 Å². The molecular formula is C19H20N2O2S. The Balaban J connectivity index is 1.65. The summed E-state index contributed by atoms with van der Waals surface area (Å²) in [6.07, 6.45) is 4.38. The number of rotatable bonds is 4. The zero-order chi connectivity index (χ0) is 17.1. The van der Waals surface area contributed by atoms with Crippen LogP contribution in [0.5, 0.6) is 0 Å². The normalized spacial score (nSPS) is 20.6. The van der Waals surface area contributed by atoms with Crippen LogP contribution in [0, 0.1) is 0 Å². The average Bonchev–Trinajstić information content (AvgIpc) is 3.22. The fourth-order valence-corrected chi connectivity index (χ4v) is 3.85. The van der Waals surface area contributed by atoms with Crippen LogP contribution >= 0.6 is 11.3 Å². The van der Waals surface area contributed by atoms with Gasteiger partial charge in [0, 0.05) is 30.1 Å². The van der Waals surface area contributed by atoms with Crippen molar-refractivity contribution in [3.63, 3.8) is 0 Å². The first-order valence-electron chi connectivity index (χ1n) is 7.95. The van der Waals surface area contributed by atoms with E-state index in [4.69, 9.17) is 5.73 Å². The Morgan fingerprint density at radius 2 is 2.00 bits per heavy atom. The second kappa shape index (κ2) is 7.01. The van der Waals surface area contributed by atoms with Crippen LogP contribution < -0.4 is 5.73 Å². The predicted octanol–water partition coefficient (Wildman–Crippen LogP) is 3.26. The van der Waals surface area contributed by atoms with Gasteiger partial charge in [-0.05, 0) is 59.5 Å². The third-order valence-corrected chi connectivity index (χ3v) is 5.19. The number of carbonyl (C=O) groups excluding carboxylic acids is 2. The van der Waals surface area contributed by atoms with E-state index < -0.39 is 5.91 Å². The molecule has 0 spiro atoms. The summed E-state index contributed by atoms with van der Waals surface area (Å²) < 4.78 is 0. The van der Waals surface area contributed by atoms with Crippen LogP contribution in [0.1, 0.15) is 40.7 Å². The Labute approximate surface area is 145 Å². The first-order chi connectivity index (χ1) is 11.5. The summed E-state index contributed by atoms with van der Waals surface area (Å²) in [5.74, 6) is 0.00428. The van der Waals surface area contributed by atoms with Crippen molar-refractivity contribution in [2.75, 3.05) is 6.54 Å². The Bertz CT molecular complexity index is 750. The standard InChI is InChI=1S/C19H20N2O2S/c1-13-10-17(16-8-9-24-12-16)11-21(13)18(22)7-4-14-2-5-15(6-3-14)19(20)23/h2-9,12-13,17H,10-11H2,1H3,(H2,20,23)/b7-4+. The molecule has 0 radical (unpaired) electrons. The highest BCUT2D eigenvalue weighted by Gasteiger charge is 2.32. The molecule has 2 aromatic rings. The average molecular weight is 340 g/mol. The maximum absolute atomic E-state index is 12.5. The van der Waals surface area contributed by atoms with E-state index in [9.17, 15) is 9.59 Å². The lowest BCUT2D eigenvalue weighted by molar-refractivity contribution is -0.126. The Morgan fingerprint density at radius 3 is 2.62 bits per heavy atom. The second-order valence-electron chi connectivity index (χ2n) is 6.15. The Morgan fingerprint density at radius 1 is 1.25 bits per heavy atom. The van der Waals surface area contributed by atoms with Crippen LogP contribution in [-0.4, -0.2) is 29.3 Å². The van der Waals surface area contributed by atoms with E-state index in [0.717, 1.165) is 18.5 Å². The van der Waals surface area contributed by atoms with Crippen LogP contribution in [0.2, 0.25) is 0 Å². The van der Waals surface area contributed by atoms with Gasteiger partial charge in [0.25, 0.3) is 0 Å². The van der Waals surface area contributed by atoms with Crippen molar-refractivity contribution >= 4 is 29.2 Å². The minimum absolute atomic E-state index is 0.0270. The monoisotopic (exact) mass is 340 g/mol. The summed E-state index contributed by atoms with van der Waals surface area (Å²) in [6, 6.07) is 9.28. The van der Waals surface area contributed by atoms with Gasteiger partial charge < -0.3 is 10.6 Å². The van der Waals surface area contributed by atoms with E-state index in [2.05, 4.69) is 23.8 Å². The summed E-state index contributed by atoms with van der Waals surface area (Å²) in [6.45, 7) is 2.86. The molecule has 1 saturated heterocycles. The fraction of sp³-hybridized carbons (Fsp3) is 0.263. The zero-order valence-electron chi connectivity index (χ0n) is 13.5. The largest absolute Gasteiger partial charge is 0.366 e. The molecule has 1 fully saturated rings. The molecule has 2 unspecified atom stereocenters. The van der Waals surface area contributed by atoms with Crippen molar-refractivity contribution in [2.24, 2.45) is 5.73 Å². The van der Waals surface area contributed by atoms with E-state index in [1.54, 1.807) is 47.8 Å². The Kier molecular flexibility index (Phi) is 4.81. The number of primary amides is 1. The van der Waals surface area contributed by atoms with Crippen LogP contribution in [0.25, 0.3) is 6.08 Å². The van der Waals surface area contributed by atoms with Gasteiger partial charge >= 0.3 is 0 Å². The van der Waals surface area contributed by atoms with Crippen molar-refractivity contribution in [1.29, 1.82) is 0 Å². The molecule has 24 heavy (non-hydrogen) atoms. The number of likely N-dealkylation sites (tertiary alicyclic amines) is 1. The highest BCUT2D eigenvalue weighted by molar-refractivity contribution is 7.08. The van der Waals surface area contributed by atoms with Crippen LogP contribution in [0.3, 0.4) is 0 Å². The summed E-state index contributed by atoms with van der Waals surface area (Å²) >= 11 is 1.70. The lowest BCUT2D eigenvalue weighted by Gasteiger charge is -2.19. The molecule has 124 valence electrons. The van der Waals surface area contributed by atoms with Crippen LogP contribution in [0.15, 0.2) is 47.2 Å². The number of amides is 2. The van der Waals surface area contributed by atoms with Gasteiger partial charge in [-0.1, -0.05) is 12.1 Å². The molecule has 1 aromatic heterocycles. The van der Waals surface area contributed by atoms with Gasteiger partial charge in [0.2, 0.25) is 11.8 Å². The number of nitrogens with zero attached hydrogens (tertiary/aromatic N) is 1. The highest BCUT2D eigenvalue weighted by Crippen LogP contribution is 2.32. The molecule has 0 bridgehead atoms. The molecule has 1 aliphatic rings. The highest BCUT2D eigenvalue weighted by atomic mass is 32.1. The number of benzene rings is 1. The number of nitrogens with two attached hydrogens (primary N) is 1. The number of hydrogen-bond acceptors (Lipinski definition) is 3. The number of hydrogen-bond donors (Lipinski definition) is 1. The zero-order valence-corrected chi connectivity index (χ0v) is 14.3. The van der Waals surface area contributed by atoms with Gasteiger partial charge in [0.15, 0.2) is 0 Å². The van der Waals surface area contributed by atoms with Crippen molar-refractivity contribution in [3.8, 4) is 0 Å². The lowest BCUT2D eigenvalue weighted by Crippen LogP contribution is -2.32. The molecule has 3 rings (SSSR count). The predicted molar refractivity (Wildman–Crippen MR) is 96.8 cm³/mol. The summed E-state index contributed by atoms with van der Waals surface area (Å²) in [5, 5.41) is 4.25. The molecular weight excluding hydrogens is 320 g/mol. The van der Waals surface area contributed by atoms with Gasteiger partial charge in [0.1, 0.15) is 0 Å². The van der Waals surface area contributed by atoms with Gasteiger partial charge in [-0.2, -0.15) is 11.3 Å². The molecule has 2 atom stereocenters. The van der Waals surface area contributed by atoms with E-state index in [-0.39, 0.29) is 11.9 Å². The minimum Gasteiger partial charge on any atom is -0.366 e. The first-order valence-corrected chi connectivity index (χ1v) is 8.89. The summed E-state index contributed by atoms with van der Waals surface area (Å²) in [5.41, 5.74) is 7.88. The number of thiophene rings is 1. The van der Waals surface area contributed by atoms with E-state index >= 15 is 0 Å². The number of carbonyl (C=O) groups is 2. The molecule has 2 heterocycles. The molecule has 5 heteroatoms. The molecule has 2 amide bonds. The molecule has 1 aliphatic heterocycles. The minimum atomic E-state index is -0.452. The van der Waals surface area contributed by atoms with Gasteiger partial charge in [-0.15, -0.1) is 0 Å². The van der Waals surface area contributed by atoms with Crippen LogP contribution in [-0.2, 0) is 4.79 Å². The fourth-order valence-electron chi connectivity index (χ4n) is 3.11. The second-order valence-corrected chi connectivity index (χ2v) is 6.93. The molecule has 1 aromatic carbocycles. The molecule has 0 saturated carbocycles. The van der Waals surface area contributed by atoms with Gasteiger partial charge in [0.05, 0.1) is 0 Å². The van der Waals surface area contributed by atoms with Crippen molar-refractivity contribution < 1.29 is 9.59 Å². The van der Waals surface area contributed by atoms with Crippen molar-refractivity contribution in [1.82, 2.24) is 4.90 Å². The van der Waals surface area contributed by atoms with Crippen molar-refractivity contribution in [2.45, 2.75) is 25.3 Å². The molecule has 4 nitrogen and oxygen atoms in total. The quantitative estimate of drug-likeness (QED) is 0.868. The SMILES string of the molecule is CC1CC(c2ccsc2)CN1C(=O)/C=C/c1ccc(C(N)=O)cc1. The maximum Gasteiger partial charge on any atom is 0.248 e. The molecule has 0 aliphatic carbocycles. The van der Waals surface area contributed by atoms with Gasteiger partial charge in [-0.25, -0.2) is 0 Å². The third-order valence-electron chi connectivity index (χ3n) is 4.49. The maximum atomic E-state index is 12.5. The third kappa shape index (κ3) is 3.57. The van der Waals surface area contributed by atoms with Gasteiger partial charge in [-0.3, -0.25) is 9.59 Å². The van der Waals surface area contributed by atoms with E-state index in [1.165, 1.54) is 5.56 Å². The molecule has 2 N–H and O–H groups in total. The lowest BCUT2D eigenvalue weighted by atomic mass is 10.00. The van der Waals surface area contributed by atoms with E-state index in [0.29, 0.717) is 11.5 Å². The first kappa shape index (κ1) is 16.5. The summed E-state index contributed by atoms with van der Waals surface area (Å²) in [4.78, 5) is 25.5.